The summed E-state index contributed by atoms with van der Waals surface area (Å²) in [4.78, 5) is 12.1. The standard InChI is InChI=1S/C32H30N6/c1-20(25-16-26(19-34-18-25)35-22(3)23-6-4-7-23)10-11-29-21(2)32(38-37-29)31-17-28-27(8-5-9-30(28)36-31)24-12-14-33-15-13-24/h5,8-19,23,35-37H,2-4,6-7H2,1H3/b20-10+,29-11+. The summed E-state index contributed by atoms with van der Waals surface area (Å²) >= 11 is 0. The Morgan fingerprint density at radius 1 is 1.08 bits per heavy atom. The van der Waals surface area contributed by atoms with Gasteiger partial charge >= 0.3 is 0 Å². The van der Waals surface area contributed by atoms with Crippen LogP contribution < -0.4 is 15.9 Å². The second kappa shape index (κ2) is 9.98. The molecule has 0 bridgehead atoms. The number of nitrogens with zero attached hydrogens (tertiary/aromatic N) is 3. The molecule has 1 aromatic carbocycles. The first-order chi connectivity index (χ1) is 18.6. The molecule has 6 nitrogen and oxygen atoms in total. The van der Waals surface area contributed by atoms with E-state index < -0.39 is 0 Å². The predicted octanol–water partition coefficient (Wildman–Crippen LogP) is 6.04. The number of allylic oxidation sites excluding steroid dienone is 3. The highest BCUT2D eigenvalue weighted by molar-refractivity contribution is 5.97. The van der Waals surface area contributed by atoms with Crippen LogP contribution in [-0.2, 0) is 0 Å². The molecule has 1 aliphatic rings. The lowest BCUT2D eigenvalue weighted by Gasteiger charge is -2.28. The van der Waals surface area contributed by atoms with Gasteiger partial charge < -0.3 is 10.3 Å². The van der Waals surface area contributed by atoms with Crippen molar-refractivity contribution in [1.82, 2.24) is 25.1 Å². The molecule has 0 spiro atoms. The molecule has 0 amide bonds. The van der Waals surface area contributed by atoms with Gasteiger partial charge in [0.15, 0.2) is 0 Å². The van der Waals surface area contributed by atoms with Crippen LogP contribution in [0.1, 0.15) is 31.7 Å². The minimum absolute atomic E-state index is 0.577. The number of benzene rings is 1. The maximum absolute atomic E-state index is 4.59. The number of fused-ring (bicyclic) bond motifs is 1. The van der Waals surface area contributed by atoms with E-state index in [9.17, 15) is 0 Å². The first kappa shape index (κ1) is 23.7. The summed E-state index contributed by atoms with van der Waals surface area (Å²) in [5.41, 5.74) is 9.28. The van der Waals surface area contributed by atoms with Gasteiger partial charge in [0.25, 0.3) is 0 Å². The van der Waals surface area contributed by atoms with Crippen molar-refractivity contribution in [2.45, 2.75) is 26.2 Å². The largest absolute Gasteiger partial charge is 0.358 e. The highest BCUT2D eigenvalue weighted by atomic mass is 15.1. The Balaban J connectivity index is 1.27. The van der Waals surface area contributed by atoms with Gasteiger partial charge in [0.05, 0.1) is 22.9 Å². The Morgan fingerprint density at radius 3 is 2.71 bits per heavy atom. The van der Waals surface area contributed by atoms with E-state index in [2.05, 4.69) is 87.0 Å². The summed E-state index contributed by atoms with van der Waals surface area (Å²) in [6.45, 7) is 10.6. The van der Waals surface area contributed by atoms with Gasteiger partial charge in [-0.3, -0.25) is 15.1 Å². The molecule has 3 N–H and O–H groups in total. The maximum Gasteiger partial charge on any atom is 0.116 e. The Bertz CT molecular complexity index is 1770. The predicted molar refractivity (Wildman–Crippen MR) is 156 cm³/mol. The molecule has 4 heterocycles. The van der Waals surface area contributed by atoms with Gasteiger partial charge in [-0.2, -0.15) is 5.10 Å². The molecule has 0 saturated heterocycles. The summed E-state index contributed by atoms with van der Waals surface area (Å²) in [7, 11) is 0. The third-order valence-electron chi connectivity index (χ3n) is 7.41. The number of hydrogen-bond donors (Lipinski definition) is 3. The molecule has 4 aromatic heterocycles. The molecule has 5 aromatic rings. The zero-order valence-corrected chi connectivity index (χ0v) is 21.5. The molecule has 0 unspecified atom stereocenters. The molecule has 0 radical (unpaired) electrons. The first-order valence-corrected chi connectivity index (χ1v) is 12.9. The molecule has 0 atom stereocenters. The van der Waals surface area contributed by atoms with Crippen molar-refractivity contribution in [3.8, 4) is 22.5 Å². The zero-order valence-electron chi connectivity index (χ0n) is 21.5. The second-order valence-electron chi connectivity index (χ2n) is 9.91. The van der Waals surface area contributed by atoms with Crippen molar-refractivity contribution >= 4 is 34.8 Å². The van der Waals surface area contributed by atoms with Gasteiger partial charge in [0.2, 0.25) is 0 Å². The highest BCUT2D eigenvalue weighted by Crippen LogP contribution is 2.33. The van der Waals surface area contributed by atoms with E-state index in [1.807, 2.05) is 43.0 Å². The molecular weight excluding hydrogens is 468 g/mol. The normalized spacial score (nSPS) is 14.6. The van der Waals surface area contributed by atoms with E-state index in [1.165, 1.54) is 19.3 Å². The fourth-order valence-corrected chi connectivity index (χ4v) is 4.88. The van der Waals surface area contributed by atoms with Crippen LogP contribution in [0.15, 0.2) is 85.6 Å². The number of anilines is 1. The van der Waals surface area contributed by atoms with E-state index in [0.717, 1.165) is 66.5 Å². The summed E-state index contributed by atoms with van der Waals surface area (Å²) in [6, 6.07) is 14.6. The van der Waals surface area contributed by atoms with Gasteiger partial charge in [0, 0.05) is 40.4 Å². The number of aromatic amines is 2. The summed E-state index contributed by atoms with van der Waals surface area (Å²) < 4.78 is 0. The lowest BCUT2D eigenvalue weighted by atomic mass is 9.83. The van der Waals surface area contributed by atoms with Gasteiger partial charge in [-0.1, -0.05) is 37.8 Å². The number of aromatic nitrogens is 5. The van der Waals surface area contributed by atoms with Crippen molar-refractivity contribution in [1.29, 1.82) is 0 Å². The fourth-order valence-electron chi connectivity index (χ4n) is 4.88. The van der Waals surface area contributed by atoms with Gasteiger partial charge in [-0.15, -0.1) is 0 Å². The lowest BCUT2D eigenvalue weighted by molar-refractivity contribution is 0.371. The molecular formula is C32H30N6. The van der Waals surface area contributed by atoms with Crippen LogP contribution in [-0.4, -0.2) is 25.1 Å². The summed E-state index contributed by atoms with van der Waals surface area (Å²) in [6.07, 6.45) is 15.2. The molecule has 1 fully saturated rings. The molecule has 188 valence electrons. The van der Waals surface area contributed by atoms with E-state index in [-0.39, 0.29) is 0 Å². The van der Waals surface area contributed by atoms with Crippen LogP contribution in [0.4, 0.5) is 5.69 Å². The van der Waals surface area contributed by atoms with Crippen LogP contribution in [0.25, 0.3) is 51.6 Å². The van der Waals surface area contributed by atoms with Crippen molar-refractivity contribution in [3.05, 3.63) is 102 Å². The SMILES string of the molecule is C=C(Nc1cncc(/C(C)=C/C=c2/[nH]nc(-c3cc4c(-c5ccncc5)cccc4[nH]3)c2=C)c1)C1CCC1. The minimum Gasteiger partial charge on any atom is -0.358 e. The van der Waals surface area contributed by atoms with E-state index in [0.29, 0.717) is 5.92 Å². The number of rotatable bonds is 7. The first-order valence-electron chi connectivity index (χ1n) is 12.9. The second-order valence-corrected chi connectivity index (χ2v) is 9.91. The van der Waals surface area contributed by atoms with E-state index >= 15 is 0 Å². The highest BCUT2D eigenvalue weighted by Gasteiger charge is 2.20. The Kier molecular flexibility index (Phi) is 6.22. The topological polar surface area (TPSA) is 82.3 Å². The lowest BCUT2D eigenvalue weighted by Crippen LogP contribution is -2.21. The monoisotopic (exact) mass is 498 g/mol. The zero-order chi connectivity index (χ0) is 26.1. The smallest absolute Gasteiger partial charge is 0.116 e. The van der Waals surface area contributed by atoms with Crippen LogP contribution in [0.3, 0.4) is 0 Å². The van der Waals surface area contributed by atoms with Crippen molar-refractivity contribution in [2.75, 3.05) is 5.32 Å². The van der Waals surface area contributed by atoms with Crippen molar-refractivity contribution in [2.24, 2.45) is 5.92 Å². The molecule has 0 aliphatic heterocycles. The molecule has 1 saturated carbocycles. The fraction of sp³-hybridized carbons (Fsp3) is 0.156. The Hall–Kier alpha value is -4.71. The van der Waals surface area contributed by atoms with Crippen LogP contribution in [0.5, 0.6) is 0 Å². The van der Waals surface area contributed by atoms with Crippen LogP contribution in [0, 0.1) is 5.92 Å². The number of hydrogen-bond acceptors (Lipinski definition) is 4. The quantitative estimate of drug-likeness (QED) is 0.256. The van der Waals surface area contributed by atoms with Crippen LogP contribution >= 0.6 is 0 Å². The van der Waals surface area contributed by atoms with E-state index in [4.69, 9.17) is 0 Å². The summed E-state index contributed by atoms with van der Waals surface area (Å²) in [5.74, 6) is 0.577. The average Bonchev–Trinajstić information content (AvgIpc) is 3.49. The summed E-state index contributed by atoms with van der Waals surface area (Å²) in [5, 5.41) is 14.0. The Labute approximate surface area is 221 Å². The Morgan fingerprint density at radius 2 is 1.92 bits per heavy atom. The molecule has 6 heteroatoms. The van der Waals surface area contributed by atoms with Crippen molar-refractivity contribution in [3.63, 3.8) is 0 Å². The minimum atomic E-state index is 0.577. The van der Waals surface area contributed by atoms with Crippen molar-refractivity contribution < 1.29 is 0 Å². The maximum atomic E-state index is 4.59. The van der Waals surface area contributed by atoms with E-state index in [1.54, 1.807) is 0 Å². The van der Waals surface area contributed by atoms with Gasteiger partial charge in [0.1, 0.15) is 5.69 Å². The number of pyridine rings is 2. The molecule has 1 aliphatic carbocycles. The third-order valence-corrected chi connectivity index (χ3v) is 7.41. The number of nitrogens with one attached hydrogen (secondary N) is 3. The third kappa shape index (κ3) is 4.57. The van der Waals surface area contributed by atoms with Gasteiger partial charge in [-0.25, -0.2) is 0 Å². The van der Waals surface area contributed by atoms with Gasteiger partial charge in [-0.05, 0) is 84.4 Å². The molecule has 38 heavy (non-hydrogen) atoms. The number of H-pyrrole nitrogens is 2. The van der Waals surface area contributed by atoms with Crippen LogP contribution in [0.2, 0.25) is 0 Å². The average molecular weight is 499 g/mol. The molecule has 6 rings (SSSR count).